The molecule has 0 aliphatic rings. The van der Waals surface area contributed by atoms with Gasteiger partial charge in [-0.3, -0.25) is 0 Å². The maximum atomic E-state index is 9.61. The Morgan fingerprint density at radius 3 is 2.14 bits per heavy atom. The molecular weight excluding hydrogens is 96.0 g/mol. The molecule has 7 heavy (non-hydrogen) atoms. The van der Waals surface area contributed by atoms with E-state index in [-0.39, 0.29) is 13.0 Å². The Morgan fingerprint density at radius 2 is 2.00 bits per heavy atom. The van der Waals surface area contributed by atoms with Crippen LogP contribution in [0.1, 0.15) is 12.8 Å². The first-order valence-corrected chi connectivity index (χ1v) is 2.21. The molecule has 0 saturated carbocycles. The Kier molecular flexibility index (Phi) is 3.98. The van der Waals surface area contributed by atoms with Crippen LogP contribution in [0.5, 0.6) is 0 Å². The summed E-state index contributed by atoms with van der Waals surface area (Å²) in [6.45, 7) is -0.225. The Labute approximate surface area is 42.2 Å². The summed E-state index contributed by atoms with van der Waals surface area (Å²) in [6, 6.07) is 0. The molecule has 0 aromatic heterocycles. The van der Waals surface area contributed by atoms with Gasteiger partial charge in [0.25, 0.3) is 0 Å². The van der Waals surface area contributed by atoms with E-state index < -0.39 is 6.29 Å². The van der Waals surface area contributed by atoms with Gasteiger partial charge in [-0.1, -0.05) is 0 Å². The monoisotopic (exact) mass is 105 g/mol. The van der Waals surface area contributed by atoms with Gasteiger partial charge in [0.05, 0.1) is 6.61 Å². The highest BCUT2D eigenvalue weighted by Gasteiger charge is 1.93. The quantitative estimate of drug-likeness (QED) is 0.476. The van der Waals surface area contributed by atoms with Crippen molar-refractivity contribution >= 4 is 0 Å². The molecule has 3 heteroatoms. The number of rotatable bonds is 3. The van der Waals surface area contributed by atoms with Gasteiger partial charge in [-0.05, 0) is 6.42 Å². The van der Waals surface area contributed by atoms with Gasteiger partial charge in [-0.15, -0.1) is 0 Å². The fourth-order valence-corrected chi connectivity index (χ4v) is 0.266. The second-order valence-corrected chi connectivity index (χ2v) is 1.33. The van der Waals surface area contributed by atoms with Gasteiger partial charge >= 0.3 is 0 Å². The lowest BCUT2D eigenvalue weighted by molar-refractivity contribution is -0.0500. The van der Waals surface area contributed by atoms with Crippen LogP contribution in [0.3, 0.4) is 0 Å². The van der Waals surface area contributed by atoms with Gasteiger partial charge in [0.2, 0.25) is 0 Å². The zero-order chi connectivity index (χ0) is 5.70. The van der Waals surface area contributed by atoms with E-state index >= 15 is 0 Å². The van der Waals surface area contributed by atoms with Gasteiger partial charge in [0, 0.05) is 6.42 Å². The molecule has 0 atom stereocenters. The average Bonchev–Trinajstić information content (AvgIpc) is 1.61. The molecule has 2 N–H and O–H groups in total. The van der Waals surface area contributed by atoms with Crippen LogP contribution in [-0.4, -0.2) is 23.1 Å². The molecule has 0 spiro atoms. The van der Waals surface area contributed by atoms with Crippen molar-refractivity contribution in [3.63, 3.8) is 0 Å². The topological polar surface area (TPSA) is 60.4 Å². The fraction of sp³-hybridized carbons (Fsp3) is 1.00. The molecule has 0 aromatic carbocycles. The lowest BCUT2D eigenvalue weighted by atomic mass is 10.3. The minimum atomic E-state index is -1.30. The summed E-state index contributed by atoms with van der Waals surface area (Å²) < 4.78 is 0. The predicted molar refractivity (Wildman–Crippen MR) is 23.0 cm³/mol. The number of aliphatic hydroxyl groups excluding tert-OH is 1. The predicted octanol–water partition coefficient (Wildman–Crippen LogP) is -0.492. The molecule has 0 rings (SSSR count). The number of aliphatic hydroxyl groups is 2. The zero-order valence-corrected chi connectivity index (χ0v) is 4.00. The normalized spacial score (nSPS) is 10.3. The first-order chi connectivity index (χ1) is 3.27. The minimum Gasteiger partial charge on any atom is -0.368 e. The van der Waals surface area contributed by atoms with Crippen LogP contribution in [0.2, 0.25) is 0 Å². The fourth-order valence-electron chi connectivity index (χ4n) is 0.266. The Hall–Kier alpha value is -0.120. The molecule has 0 unspecified atom stereocenters. The van der Waals surface area contributed by atoms with Gasteiger partial charge < -0.3 is 10.2 Å². The van der Waals surface area contributed by atoms with Crippen LogP contribution >= 0.6 is 0 Å². The standard InChI is InChI=1S/C4H9O3/c5-3-1-2-4(6)7/h4,6-7H,1-3H2. The van der Waals surface area contributed by atoms with E-state index in [4.69, 9.17) is 10.2 Å². The van der Waals surface area contributed by atoms with E-state index in [1.54, 1.807) is 0 Å². The largest absolute Gasteiger partial charge is 0.368 e. The molecular formula is C4H9O3. The summed E-state index contributed by atoms with van der Waals surface area (Å²) in [7, 11) is 0. The molecule has 0 aliphatic heterocycles. The zero-order valence-electron chi connectivity index (χ0n) is 4.00. The molecule has 0 bridgehead atoms. The molecule has 0 aromatic rings. The lowest BCUT2D eigenvalue weighted by Gasteiger charge is -1.96. The van der Waals surface area contributed by atoms with Crippen LogP contribution in [0.15, 0.2) is 0 Å². The summed E-state index contributed by atoms with van der Waals surface area (Å²) in [4.78, 5) is 0. The van der Waals surface area contributed by atoms with E-state index in [2.05, 4.69) is 0 Å². The second kappa shape index (κ2) is 4.05. The molecule has 0 fully saturated rings. The summed E-state index contributed by atoms with van der Waals surface area (Å²) >= 11 is 0. The van der Waals surface area contributed by atoms with Crippen molar-refractivity contribution in [1.29, 1.82) is 0 Å². The van der Waals surface area contributed by atoms with Crippen molar-refractivity contribution in [3.8, 4) is 0 Å². The third-order valence-corrected chi connectivity index (χ3v) is 0.607. The van der Waals surface area contributed by atoms with Crippen molar-refractivity contribution in [2.45, 2.75) is 19.1 Å². The van der Waals surface area contributed by atoms with E-state index in [0.29, 0.717) is 6.42 Å². The molecule has 0 saturated heterocycles. The van der Waals surface area contributed by atoms with Gasteiger partial charge in [0.1, 0.15) is 0 Å². The highest BCUT2D eigenvalue weighted by molar-refractivity contribution is 4.36. The van der Waals surface area contributed by atoms with Crippen LogP contribution in [-0.2, 0) is 5.11 Å². The maximum absolute atomic E-state index is 9.61. The molecule has 0 heterocycles. The van der Waals surface area contributed by atoms with Crippen molar-refractivity contribution in [3.05, 3.63) is 0 Å². The average molecular weight is 105 g/mol. The van der Waals surface area contributed by atoms with Crippen molar-refractivity contribution in [1.82, 2.24) is 0 Å². The van der Waals surface area contributed by atoms with Gasteiger partial charge in [-0.25, -0.2) is 5.11 Å². The second-order valence-electron chi connectivity index (χ2n) is 1.33. The van der Waals surface area contributed by atoms with Crippen LogP contribution in [0.4, 0.5) is 0 Å². The number of hydrogen-bond donors (Lipinski definition) is 2. The van der Waals surface area contributed by atoms with Gasteiger partial charge in [-0.2, -0.15) is 0 Å². The SMILES string of the molecule is [O]CCCC(O)O. The summed E-state index contributed by atoms with van der Waals surface area (Å²) in [5, 5.41) is 25.8. The number of hydrogen-bond acceptors (Lipinski definition) is 2. The van der Waals surface area contributed by atoms with Crippen molar-refractivity contribution < 1.29 is 15.3 Å². The van der Waals surface area contributed by atoms with Crippen LogP contribution < -0.4 is 0 Å². The Balaban J connectivity index is 2.68. The van der Waals surface area contributed by atoms with E-state index in [9.17, 15) is 5.11 Å². The maximum Gasteiger partial charge on any atom is 0.151 e. The van der Waals surface area contributed by atoms with Crippen LogP contribution in [0, 0.1) is 0 Å². The lowest BCUT2D eigenvalue weighted by Crippen LogP contribution is -2.03. The summed E-state index contributed by atoms with van der Waals surface area (Å²) in [5.41, 5.74) is 0. The van der Waals surface area contributed by atoms with E-state index in [0.717, 1.165) is 0 Å². The summed E-state index contributed by atoms with van der Waals surface area (Å²) in [5.74, 6) is 0. The van der Waals surface area contributed by atoms with E-state index in [1.165, 1.54) is 0 Å². The Bertz CT molecular complexity index is 35.9. The van der Waals surface area contributed by atoms with Crippen LogP contribution in [0.25, 0.3) is 0 Å². The first kappa shape index (κ1) is 6.88. The molecule has 1 radical (unpaired) electrons. The van der Waals surface area contributed by atoms with E-state index in [1.807, 2.05) is 0 Å². The highest BCUT2D eigenvalue weighted by atomic mass is 16.5. The third kappa shape index (κ3) is 5.88. The molecule has 0 amide bonds. The third-order valence-electron chi connectivity index (χ3n) is 0.607. The molecule has 0 aliphatic carbocycles. The minimum absolute atomic E-state index is 0.198. The van der Waals surface area contributed by atoms with Crippen molar-refractivity contribution in [2.75, 3.05) is 6.61 Å². The first-order valence-electron chi connectivity index (χ1n) is 2.21. The smallest absolute Gasteiger partial charge is 0.151 e. The molecule has 3 nitrogen and oxygen atoms in total. The van der Waals surface area contributed by atoms with Crippen molar-refractivity contribution in [2.24, 2.45) is 0 Å². The van der Waals surface area contributed by atoms with Gasteiger partial charge in [0.15, 0.2) is 6.29 Å². The highest BCUT2D eigenvalue weighted by Crippen LogP contribution is 1.89. The molecule has 43 valence electrons. The Morgan fingerprint density at radius 1 is 1.43 bits per heavy atom. The summed E-state index contributed by atoms with van der Waals surface area (Å²) in [6.07, 6.45) is -0.754.